The van der Waals surface area contributed by atoms with Gasteiger partial charge in [0.25, 0.3) is 11.8 Å². The van der Waals surface area contributed by atoms with Crippen LogP contribution in [0.25, 0.3) is 0 Å². The van der Waals surface area contributed by atoms with Crippen LogP contribution in [0.2, 0.25) is 0 Å². The van der Waals surface area contributed by atoms with Gasteiger partial charge in [-0.25, -0.2) is 4.39 Å². The maximum Gasteiger partial charge on any atom is 0.258 e. The molecule has 1 fully saturated rings. The summed E-state index contributed by atoms with van der Waals surface area (Å²) in [5.74, 6) is -1.16. The largest absolute Gasteiger partial charge is 0.371 e. The number of hydrogen-bond donors (Lipinski definition) is 1. The number of carbonyl (C=O) groups is 2. The van der Waals surface area contributed by atoms with Crippen molar-refractivity contribution >= 4 is 23.2 Å². The Kier molecular flexibility index (Phi) is 6.86. The van der Waals surface area contributed by atoms with E-state index in [2.05, 4.69) is 10.2 Å². The minimum atomic E-state index is -0.575. The van der Waals surface area contributed by atoms with E-state index in [4.69, 9.17) is 0 Å². The van der Waals surface area contributed by atoms with Gasteiger partial charge in [0, 0.05) is 37.6 Å². The van der Waals surface area contributed by atoms with E-state index in [1.165, 1.54) is 18.6 Å². The SMILES string of the molecule is CCN(CC)C(=O)c1cc(NC(=O)c2ccccc2F)ccc1N1CCCCC1. The molecule has 0 spiro atoms. The Morgan fingerprint density at radius 3 is 2.34 bits per heavy atom. The van der Waals surface area contributed by atoms with E-state index in [1.54, 1.807) is 29.2 Å². The first-order valence-corrected chi connectivity index (χ1v) is 10.3. The van der Waals surface area contributed by atoms with Crippen molar-refractivity contribution < 1.29 is 14.0 Å². The molecule has 6 heteroatoms. The van der Waals surface area contributed by atoms with E-state index >= 15 is 0 Å². The number of piperidine rings is 1. The van der Waals surface area contributed by atoms with Gasteiger partial charge in [0.15, 0.2) is 0 Å². The fourth-order valence-corrected chi connectivity index (χ4v) is 3.72. The van der Waals surface area contributed by atoms with E-state index in [9.17, 15) is 14.0 Å². The molecule has 0 atom stereocenters. The van der Waals surface area contributed by atoms with Crippen LogP contribution < -0.4 is 10.2 Å². The van der Waals surface area contributed by atoms with Crippen LogP contribution in [0, 0.1) is 5.82 Å². The molecule has 29 heavy (non-hydrogen) atoms. The summed E-state index contributed by atoms with van der Waals surface area (Å²) in [6.45, 7) is 6.96. The fraction of sp³-hybridized carbons (Fsp3) is 0.391. The average molecular weight is 397 g/mol. The topological polar surface area (TPSA) is 52.7 Å². The molecule has 0 bridgehead atoms. The zero-order valence-corrected chi connectivity index (χ0v) is 17.1. The highest BCUT2D eigenvalue weighted by Gasteiger charge is 2.22. The molecule has 5 nitrogen and oxygen atoms in total. The van der Waals surface area contributed by atoms with Crippen molar-refractivity contribution in [3.63, 3.8) is 0 Å². The quantitative estimate of drug-likeness (QED) is 0.778. The van der Waals surface area contributed by atoms with Gasteiger partial charge in [0.1, 0.15) is 5.82 Å². The number of nitrogens with one attached hydrogen (secondary N) is 1. The highest BCUT2D eigenvalue weighted by atomic mass is 19.1. The number of hydrogen-bond acceptors (Lipinski definition) is 3. The molecule has 1 N–H and O–H groups in total. The van der Waals surface area contributed by atoms with Crippen LogP contribution in [0.4, 0.5) is 15.8 Å². The smallest absolute Gasteiger partial charge is 0.258 e. The lowest BCUT2D eigenvalue weighted by Crippen LogP contribution is -2.35. The van der Waals surface area contributed by atoms with Crippen LogP contribution in [0.15, 0.2) is 42.5 Å². The van der Waals surface area contributed by atoms with Gasteiger partial charge in [-0.3, -0.25) is 9.59 Å². The van der Waals surface area contributed by atoms with Gasteiger partial charge in [-0.1, -0.05) is 12.1 Å². The first-order chi connectivity index (χ1) is 14.0. The summed E-state index contributed by atoms with van der Waals surface area (Å²) < 4.78 is 13.9. The van der Waals surface area contributed by atoms with E-state index < -0.39 is 11.7 Å². The normalized spacial score (nSPS) is 13.8. The molecule has 2 aromatic carbocycles. The molecule has 0 radical (unpaired) electrons. The van der Waals surface area contributed by atoms with Crippen molar-refractivity contribution in [2.75, 3.05) is 36.4 Å². The maximum absolute atomic E-state index is 13.9. The number of anilines is 2. The molecule has 0 saturated carbocycles. The molecular weight excluding hydrogens is 369 g/mol. The molecular formula is C23H28FN3O2. The van der Waals surface area contributed by atoms with Crippen molar-refractivity contribution in [1.29, 1.82) is 0 Å². The van der Waals surface area contributed by atoms with Gasteiger partial charge in [-0.2, -0.15) is 0 Å². The lowest BCUT2D eigenvalue weighted by molar-refractivity contribution is 0.0773. The van der Waals surface area contributed by atoms with Gasteiger partial charge in [-0.15, -0.1) is 0 Å². The molecule has 0 unspecified atom stereocenters. The molecule has 1 saturated heterocycles. The van der Waals surface area contributed by atoms with E-state index in [0.717, 1.165) is 31.6 Å². The predicted molar refractivity (Wildman–Crippen MR) is 114 cm³/mol. The van der Waals surface area contributed by atoms with Gasteiger partial charge in [0.05, 0.1) is 11.1 Å². The Labute approximate surface area is 171 Å². The van der Waals surface area contributed by atoms with Crippen LogP contribution in [0.1, 0.15) is 53.8 Å². The van der Waals surface area contributed by atoms with Crippen molar-refractivity contribution in [2.45, 2.75) is 33.1 Å². The standard InChI is InChI=1S/C23H28FN3O2/c1-3-26(4-2)23(29)19-16-17(12-13-21(19)27-14-8-5-9-15-27)25-22(28)18-10-6-7-11-20(18)24/h6-7,10-13,16H,3-5,8-9,14-15H2,1-2H3,(H,25,28). The summed E-state index contributed by atoms with van der Waals surface area (Å²) in [4.78, 5) is 29.7. The Bertz CT molecular complexity index is 874. The molecule has 2 aromatic rings. The maximum atomic E-state index is 13.9. The zero-order valence-electron chi connectivity index (χ0n) is 17.1. The first-order valence-electron chi connectivity index (χ1n) is 10.3. The Hall–Kier alpha value is -2.89. The Morgan fingerprint density at radius 2 is 1.69 bits per heavy atom. The minimum absolute atomic E-state index is 0.0239. The molecule has 2 amide bonds. The molecule has 154 valence electrons. The average Bonchev–Trinajstić information content (AvgIpc) is 2.75. The second kappa shape index (κ2) is 9.54. The van der Waals surface area contributed by atoms with Crippen LogP contribution in [0.5, 0.6) is 0 Å². The highest BCUT2D eigenvalue weighted by molar-refractivity contribution is 6.06. The summed E-state index contributed by atoms with van der Waals surface area (Å²) in [6, 6.07) is 11.2. The van der Waals surface area contributed by atoms with Crippen LogP contribution in [-0.4, -0.2) is 42.9 Å². The highest BCUT2D eigenvalue weighted by Crippen LogP contribution is 2.28. The number of amides is 2. The summed E-state index contributed by atoms with van der Waals surface area (Å²) in [5.41, 5.74) is 1.92. The number of carbonyl (C=O) groups excluding carboxylic acids is 2. The van der Waals surface area contributed by atoms with Gasteiger partial charge < -0.3 is 15.1 Å². The van der Waals surface area contributed by atoms with E-state index in [-0.39, 0.29) is 11.5 Å². The Morgan fingerprint density at radius 1 is 1.00 bits per heavy atom. The van der Waals surface area contributed by atoms with Crippen molar-refractivity contribution in [2.24, 2.45) is 0 Å². The predicted octanol–water partition coefficient (Wildman–Crippen LogP) is 4.55. The van der Waals surface area contributed by atoms with Crippen molar-refractivity contribution in [1.82, 2.24) is 4.90 Å². The fourth-order valence-electron chi connectivity index (χ4n) is 3.72. The molecule has 1 aliphatic rings. The van der Waals surface area contributed by atoms with Gasteiger partial charge in [-0.05, 0) is 63.4 Å². The number of benzene rings is 2. The molecule has 0 aromatic heterocycles. The second-order valence-corrected chi connectivity index (χ2v) is 7.19. The third-order valence-electron chi connectivity index (χ3n) is 5.35. The third-order valence-corrected chi connectivity index (χ3v) is 5.35. The third kappa shape index (κ3) is 4.75. The summed E-state index contributed by atoms with van der Waals surface area (Å²) in [5, 5.41) is 2.73. The number of nitrogens with zero attached hydrogens (tertiary/aromatic N) is 2. The monoisotopic (exact) mass is 397 g/mol. The Balaban J connectivity index is 1.93. The summed E-state index contributed by atoms with van der Waals surface area (Å²) in [7, 11) is 0. The van der Waals surface area contributed by atoms with Crippen LogP contribution in [0.3, 0.4) is 0 Å². The van der Waals surface area contributed by atoms with Crippen molar-refractivity contribution in [3.05, 3.63) is 59.4 Å². The second-order valence-electron chi connectivity index (χ2n) is 7.19. The van der Waals surface area contributed by atoms with Gasteiger partial charge >= 0.3 is 0 Å². The zero-order chi connectivity index (χ0) is 20.8. The van der Waals surface area contributed by atoms with Crippen LogP contribution in [-0.2, 0) is 0 Å². The van der Waals surface area contributed by atoms with Crippen molar-refractivity contribution in [3.8, 4) is 0 Å². The van der Waals surface area contributed by atoms with Crippen LogP contribution >= 0.6 is 0 Å². The van der Waals surface area contributed by atoms with Gasteiger partial charge in [0.2, 0.25) is 0 Å². The summed E-state index contributed by atoms with van der Waals surface area (Å²) in [6.07, 6.45) is 3.40. The molecule has 0 aliphatic carbocycles. The van der Waals surface area contributed by atoms with E-state index in [1.807, 2.05) is 19.9 Å². The number of rotatable bonds is 6. The molecule has 1 aliphatic heterocycles. The number of halogens is 1. The van der Waals surface area contributed by atoms with E-state index in [0.29, 0.717) is 24.3 Å². The molecule has 1 heterocycles. The lowest BCUT2D eigenvalue weighted by Gasteiger charge is -2.31. The molecule has 3 rings (SSSR count). The minimum Gasteiger partial charge on any atom is -0.371 e. The first kappa shape index (κ1) is 20.8. The lowest BCUT2D eigenvalue weighted by atomic mass is 10.0. The summed E-state index contributed by atoms with van der Waals surface area (Å²) >= 11 is 0.